The average Bonchev–Trinajstić information content (AvgIpc) is 2.47. The van der Waals surface area contributed by atoms with Gasteiger partial charge in [0, 0.05) is 12.0 Å². The van der Waals surface area contributed by atoms with E-state index >= 15 is 0 Å². The fourth-order valence-corrected chi connectivity index (χ4v) is 2.70. The van der Waals surface area contributed by atoms with Crippen LogP contribution in [0.2, 0.25) is 0 Å². The van der Waals surface area contributed by atoms with Crippen LogP contribution in [0.25, 0.3) is 0 Å². The van der Waals surface area contributed by atoms with Crippen LogP contribution in [-0.4, -0.2) is 19.3 Å². The molecule has 0 aliphatic heterocycles. The van der Waals surface area contributed by atoms with E-state index in [0.717, 1.165) is 21.3 Å². The fourth-order valence-electron chi connectivity index (χ4n) is 2.11. The van der Waals surface area contributed by atoms with Gasteiger partial charge in [0.25, 0.3) is 0 Å². The Morgan fingerprint density at radius 3 is 2.40 bits per heavy atom. The van der Waals surface area contributed by atoms with Crippen molar-refractivity contribution in [3.05, 3.63) is 58.1 Å². The second kappa shape index (κ2) is 6.77. The van der Waals surface area contributed by atoms with Gasteiger partial charge in [0.2, 0.25) is 0 Å². The maximum absolute atomic E-state index is 10.4. The third kappa shape index (κ3) is 3.32. The molecule has 1 atom stereocenters. The molecule has 0 amide bonds. The molecule has 0 heterocycles. The summed E-state index contributed by atoms with van der Waals surface area (Å²) in [6.07, 6.45) is -0.0883. The van der Waals surface area contributed by atoms with Gasteiger partial charge in [0.15, 0.2) is 0 Å². The van der Waals surface area contributed by atoms with Crippen LogP contribution in [0.3, 0.4) is 0 Å². The summed E-state index contributed by atoms with van der Waals surface area (Å²) in [7, 11) is 3.24. The number of benzene rings is 2. The quantitative estimate of drug-likeness (QED) is 0.903. The Bertz CT molecular complexity index is 584. The molecule has 0 aliphatic carbocycles. The first-order valence-electron chi connectivity index (χ1n) is 6.29. The summed E-state index contributed by atoms with van der Waals surface area (Å²) in [4.78, 5) is 0. The van der Waals surface area contributed by atoms with E-state index in [1.54, 1.807) is 14.2 Å². The Morgan fingerprint density at radius 1 is 1.05 bits per heavy atom. The summed E-state index contributed by atoms with van der Waals surface area (Å²) < 4.78 is 11.4. The van der Waals surface area contributed by atoms with E-state index in [2.05, 4.69) is 15.9 Å². The predicted molar refractivity (Wildman–Crippen MR) is 82.4 cm³/mol. The maximum Gasteiger partial charge on any atom is 0.133 e. The molecule has 0 spiro atoms. The molecule has 2 aromatic carbocycles. The van der Waals surface area contributed by atoms with Crippen molar-refractivity contribution in [2.24, 2.45) is 0 Å². The Kier molecular flexibility index (Phi) is 5.04. The summed E-state index contributed by atoms with van der Waals surface area (Å²) >= 11 is 3.45. The van der Waals surface area contributed by atoms with Crippen molar-refractivity contribution >= 4 is 15.9 Å². The standard InChI is InChI=1S/C16H17BrO3/c1-19-15-6-4-3-5-12(15)14(18)10-11-7-8-16(20-2)13(17)9-11/h3-9,14,18H,10H2,1-2H3. The molecule has 1 N–H and O–H groups in total. The first-order chi connectivity index (χ1) is 9.65. The van der Waals surface area contributed by atoms with Crippen molar-refractivity contribution in [3.8, 4) is 11.5 Å². The summed E-state index contributed by atoms with van der Waals surface area (Å²) in [5, 5.41) is 10.4. The normalized spacial score (nSPS) is 12.0. The summed E-state index contributed by atoms with van der Waals surface area (Å²) in [6, 6.07) is 13.3. The van der Waals surface area contributed by atoms with E-state index in [1.807, 2.05) is 42.5 Å². The van der Waals surface area contributed by atoms with Gasteiger partial charge in [-0.1, -0.05) is 24.3 Å². The van der Waals surface area contributed by atoms with Crippen LogP contribution in [0.5, 0.6) is 11.5 Å². The number of para-hydroxylation sites is 1. The number of hydrogen-bond donors (Lipinski definition) is 1. The number of halogens is 1. The molecule has 4 heteroatoms. The lowest BCUT2D eigenvalue weighted by Gasteiger charge is -2.15. The topological polar surface area (TPSA) is 38.7 Å². The Hall–Kier alpha value is -1.52. The maximum atomic E-state index is 10.4. The molecule has 2 aromatic rings. The molecule has 0 saturated heterocycles. The van der Waals surface area contributed by atoms with E-state index in [4.69, 9.17) is 9.47 Å². The minimum Gasteiger partial charge on any atom is -0.496 e. The van der Waals surface area contributed by atoms with Crippen molar-refractivity contribution in [1.82, 2.24) is 0 Å². The second-order valence-corrected chi connectivity index (χ2v) is 5.29. The number of ether oxygens (including phenoxy) is 2. The highest BCUT2D eigenvalue weighted by atomic mass is 79.9. The van der Waals surface area contributed by atoms with Crippen molar-refractivity contribution in [1.29, 1.82) is 0 Å². The van der Waals surface area contributed by atoms with E-state index in [9.17, 15) is 5.11 Å². The molecule has 2 rings (SSSR count). The molecule has 0 fully saturated rings. The lowest BCUT2D eigenvalue weighted by molar-refractivity contribution is 0.174. The highest BCUT2D eigenvalue weighted by Gasteiger charge is 2.14. The molecule has 0 aliphatic rings. The van der Waals surface area contributed by atoms with Crippen LogP contribution in [0.4, 0.5) is 0 Å². The Balaban J connectivity index is 2.19. The van der Waals surface area contributed by atoms with Gasteiger partial charge < -0.3 is 14.6 Å². The van der Waals surface area contributed by atoms with E-state index < -0.39 is 6.10 Å². The lowest BCUT2D eigenvalue weighted by atomic mass is 10.0. The first-order valence-corrected chi connectivity index (χ1v) is 7.08. The van der Waals surface area contributed by atoms with Gasteiger partial charge in [-0.2, -0.15) is 0 Å². The number of aliphatic hydroxyl groups is 1. The molecule has 1 unspecified atom stereocenters. The van der Waals surface area contributed by atoms with Crippen molar-refractivity contribution in [3.63, 3.8) is 0 Å². The van der Waals surface area contributed by atoms with Crippen LogP contribution in [0.15, 0.2) is 46.9 Å². The molecule has 0 radical (unpaired) electrons. The second-order valence-electron chi connectivity index (χ2n) is 4.43. The number of rotatable bonds is 5. The molecule has 0 bridgehead atoms. The largest absolute Gasteiger partial charge is 0.496 e. The summed E-state index contributed by atoms with van der Waals surface area (Å²) in [5.41, 5.74) is 1.82. The van der Waals surface area contributed by atoms with E-state index in [1.165, 1.54) is 0 Å². The van der Waals surface area contributed by atoms with Crippen LogP contribution in [0, 0.1) is 0 Å². The number of aliphatic hydroxyl groups excluding tert-OH is 1. The van der Waals surface area contributed by atoms with E-state index in [-0.39, 0.29) is 0 Å². The van der Waals surface area contributed by atoms with Crippen LogP contribution >= 0.6 is 15.9 Å². The predicted octanol–water partition coefficient (Wildman–Crippen LogP) is 3.74. The molecule has 106 valence electrons. The molecule has 0 saturated carbocycles. The summed E-state index contributed by atoms with van der Waals surface area (Å²) in [6.45, 7) is 0. The first kappa shape index (κ1) is 14.9. The van der Waals surface area contributed by atoms with Gasteiger partial charge in [0.05, 0.1) is 24.8 Å². The fraction of sp³-hybridized carbons (Fsp3) is 0.250. The van der Waals surface area contributed by atoms with Crippen LogP contribution in [0.1, 0.15) is 17.2 Å². The van der Waals surface area contributed by atoms with Gasteiger partial charge in [-0.3, -0.25) is 0 Å². The molecule has 0 aromatic heterocycles. The smallest absolute Gasteiger partial charge is 0.133 e. The van der Waals surface area contributed by atoms with Gasteiger partial charge in [-0.25, -0.2) is 0 Å². The SMILES string of the molecule is COc1ccc(CC(O)c2ccccc2OC)cc1Br. The van der Waals surface area contributed by atoms with Gasteiger partial charge >= 0.3 is 0 Å². The molecule has 3 nitrogen and oxygen atoms in total. The van der Waals surface area contributed by atoms with Gasteiger partial charge in [0.1, 0.15) is 11.5 Å². The van der Waals surface area contributed by atoms with Crippen LogP contribution < -0.4 is 9.47 Å². The Labute approximate surface area is 127 Å². The zero-order chi connectivity index (χ0) is 14.5. The van der Waals surface area contributed by atoms with Crippen molar-refractivity contribution in [2.75, 3.05) is 14.2 Å². The third-order valence-electron chi connectivity index (χ3n) is 3.14. The number of methoxy groups -OCH3 is 2. The zero-order valence-corrected chi connectivity index (χ0v) is 13.1. The monoisotopic (exact) mass is 336 g/mol. The van der Waals surface area contributed by atoms with Gasteiger partial charge in [-0.15, -0.1) is 0 Å². The molecular formula is C16H17BrO3. The lowest BCUT2D eigenvalue weighted by Crippen LogP contribution is -2.04. The minimum atomic E-state index is -0.605. The molecular weight excluding hydrogens is 320 g/mol. The Morgan fingerprint density at radius 2 is 1.75 bits per heavy atom. The zero-order valence-electron chi connectivity index (χ0n) is 11.5. The highest BCUT2D eigenvalue weighted by molar-refractivity contribution is 9.10. The van der Waals surface area contributed by atoms with E-state index in [0.29, 0.717) is 12.2 Å². The van der Waals surface area contributed by atoms with Crippen LogP contribution in [-0.2, 0) is 6.42 Å². The van der Waals surface area contributed by atoms with Gasteiger partial charge in [-0.05, 0) is 39.7 Å². The third-order valence-corrected chi connectivity index (χ3v) is 3.76. The molecule has 20 heavy (non-hydrogen) atoms. The van der Waals surface area contributed by atoms with Crippen molar-refractivity contribution < 1.29 is 14.6 Å². The van der Waals surface area contributed by atoms with Crippen molar-refractivity contribution in [2.45, 2.75) is 12.5 Å². The summed E-state index contributed by atoms with van der Waals surface area (Å²) in [5.74, 6) is 1.48. The minimum absolute atomic E-state index is 0.517. The number of hydrogen-bond acceptors (Lipinski definition) is 3. The average molecular weight is 337 g/mol. The highest BCUT2D eigenvalue weighted by Crippen LogP contribution is 2.30.